The number of ether oxygens (including phenoxy) is 1. The standard InChI is InChI=1S/C23H28ClN3O5S/c1-23(2,3)32-21(30)26-11-8-16(9-12-26)19(28)25-10-13-27-20(29)18(33-22(27)31)14-15-4-6-17(24)7-5-15/h4-7,14,16H,8-13H2,1-3H3,(H,25,28)/b18-14-. The third-order valence-corrected chi connectivity index (χ3v) is 6.35. The molecule has 0 unspecified atom stereocenters. The zero-order valence-electron chi connectivity index (χ0n) is 18.9. The number of thioether (sulfide) groups is 1. The number of likely N-dealkylation sites (tertiary alicyclic amines) is 1. The summed E-state index contributed by atoms with van der Waals surface area (Å²) in [5, 5.41) is 3.04. The normalized spacial score (nSPS) is 18.7. The average molecular weight is 494 g/mol. The zero-order valence-corrected chi connectivity index (χ0v) is 20.5. The van der Waals surface area contributed by atoms with Crippen molar-refractivity contribution >= 4 is 52.6 Å². The minimum Gasteiger partial charge on any atom is -0.444 e. The van der Waals surface area contributed by atoms with E-state index in [9.17, 15) is 19.2 Å². The first-order valence-electron chi connectivity index (χ1n) is 10.8. The fraction of sp³-hybridized carbons (Fsp3) is 0.478. The van der Waals surface area contributed by atoms with Gasteiger partial charge in [-0.05, 0) is 69.1 Å². The number of rotatable bonds is 5. The average Bonchev–Trinajstić information content (AvgIpc) is 3.01. The van der Waals surface area contributed by atoms with Crippen LogP contribution in [0, 0.1) is 5.92 Å². The molecule has 0 aromatic heterocycles. The van der Waals surface area contributed by atoms with Crippen molar-refractivity contribution in [3.8, 4) is 0 Å². The Morgan fingerprint density at radius 3 is 2.42 bits per heavy atom. The molecule has 10 heteroatoms. The first kappa shape index (κ1) is 25.1. The molecule has 2 aliphatic rings. The van der Waals surface area contributed by atoms with Gasteiger partial charge in [-0.15, -0.1) is 0 Å². The second kappa shape index (κ2) is 10.6. The number of imide groups is 1. The second-order valence-corrected chi connectivity index (χ2v) is 10.3. The number of carbonyl (C=O) groups is 4. The molecule has 0 bridgehead atoms. The van der Waals surface area contributed by atoms with Gasteiger partial charge in [0.15, 0.2) is 0 Å². The third kappa shape index (κ3) is 6.98. The van der Waals surface area contributed by atoms with E-state index in [0.717, 1.165) is 22.2 Å². The Labute approximate surface area is 202 Å². The zero-order chi connectivity index (χ0) is 24.2. The number of nitrogens with one attached hydrogen (secondary N) is 1. The van der Waals surface area contributed by atoms with Crippen molar-refractivity contribution in [2.45, 2.75) is 39.2 Å². The van der Waals surface area contributed by atoms with Crippen molar-refractivity contribution in [3.63, 3.8) is 0 Å². The van der Waals surface area contributed by atoms with Gasteiger partial charge in [0.2, 0.25) is 5.91 Å². The molecule has 0 spiro atoms. The number of carbonyl (C=O) groups excluding carboxylic acids is 4. The van der Waals surface area contributed by atoms with Gasteiger partial charge < -0.3 is 15.0 Å². The summed E-state index contributed by atoms with van der Waals surface area (Å²) in [6, 6.07) is 6.96. The lowest BCUT2D eigenvalue weighted by molar-refractivity contribution is -0.127. The van der Waals surface area contributed by atoms with Crippen LogP contribution < -0.4 is 5.32 Å². The summed E-state index contributed by atoms with van der Waals surface area (Å²) in [6.45, 7) is 6.63. The van der Waals surface area contributed by atoms with Crippen LogP contribution in [0.4, 0.5) is 9.59 Å². The van der Waals surface area contributed by atoms with E-state index in [0.29, 0.717) is 35.9 Å². The van der Waals surface area contributed by atoms with Gasteiger partial charge in [-0.3, -0.25) is 19.3 Å². The number of halogens is 1. The van der Waals surface area contributed by atoms with Gasteiger partial charge in [-0.25, -0.2) is 4.79 Å². The molecule has 0 aliphatic carbocycles. The molecule has 3 rings (SSSR count). The molecular formula is C23H28ClN3O5S. The quantitative estimate of drug-likeness (QED) is 0.619. The maximum Gasteiger partial charge on any atom is 0.410 e. The molecule has 2 aliphatic heterocycles. The number of amides is 4. The van der Waals surface area contributed by atoms with Gasteiger partial charge in [0, 0.05) is 37.1 Å². The first-order chi connectivity index (χ1) is 15.5. The lowest BCUT2D eigenvalue weighted by Gasteiger charge is -2.33. The first-order valence-corrected chi connectivity index (χ1v) is 12.0. The fourth-order valence-electron chi connectivity index (χ4n) is 3.49. The number of hydrogen-bond acceptors (Lipinski definition) is 6. The predicted octanol–water partition coefficient (Wildman–Crippen LogP) is 4.14. The third-order valence-electron chi connectivity index (χ3n) is 5.19. The molecule has 1 aromatic carbocycles. The van der Waals surface area contributed by atoms with Gasteiger partial charge >= 0.3 is 6.09 Å². The molecule has 1 N–H and O–H groups in total. The number of hydrogen-bond donors (Lipinski definition) is 1. The molecule has 1 aromatic rings. The van der Waals surface area contributed by atoms with Gasteiger partial charge in [0.05, 0.1) is 4.91 Å². The molecule has 33 heavy (non-hydrogen) atoms. The topological polar surface area (TPSA) is 96.0 Å². The highest BCUT2D eigenvalue weighted by Gasteiger charge is 2.35. The molecule has 2 saturated heterocycles. The molecule has 0 atom stereocenters. The van der Waals surface area contributed by atoms with Crippen LogP contribution in [0.1, 0.15) is 39.2 Å². The Morgan fingerprint density at radius 2 is 1.82 bits per heavy atom. The second-order valence-electron chi connectivity index (χ2n) is 8.92. The van der Waals surface area contributed by atoms with Crippen LogP contribution in [0.15, 0.2) is 29.2 Å². The summed E-state index contributed by atoms with van der Waals surface area (Å²) in [5.41, 5.74) is 0.216. The summed E-state index contributed by atoms with van der Waals surface area (Å²) in [7, 11) is 0. The van der Waals surface area contributed by atoms with Crippen molar-refractivity contribution in [1.82, 2.24) is 15.1 Å². The molecular weight excluding hydrogens is 466 g/mol. The Hall–Kier alpha value is -2.52. The van der Waals surface area contributed by atoms with E-state index in [1.807, 2.05) is 20.8 Å². The summed E-state index contributed by atoms with van der Waals surface area (Å²) in [4.78, 5) is 52.6. The van der Waals surface area contributed by atoms with Crippen molar-refractivity contribution in [1.29, 1.82) is 0 Å². The van der Waals surface area contributed by atoms with Crippen LogP contribution in [0.3, 0.4) is 0 Å². The van der Waals surface area contributed by atoms with E-state index in [2.05, 4.69) is 5.32 Å². The molecule has 2 fully saturated rings. The van der Waals surface area contributed by atoms with E-state index in [-0.39, 0.29) is 42.2 Å². The molecule has 4 amide bonds. The summed E-state index contributed by atoms with van der Waals surface area (Å²) in [6.07, 6.45) is 2.36. The summed E-state index contributed by atoms with van der Waals surface area (Å²) < 4.78 is 5.37. The number of piperidine rings is 1. The van der Waals surface area contributed by atoms with Crippen LogP contribution in [0.2, 0.25) is 5.02 Å². The minimum absolute atomic E-state index is 0.102. The van der Waals surface area contributed by atoms with E-state index in [1.165, 1.54) is 0 Å². The molecule has 0 saturated carbocycles. The van der Waals surface area contributed by atoms with Crippen LogP contribution in [0.5, 0.6) is 0 Å². The van der Waals surface area contributed by atoms with E-state index in [1.54, 1.807) is 35.2 Å². The fourth-order valence-corrected chi connectivity index (χ4v) is 4.48. The molecule has 8 nitrogen and oxygen atoms in total. The summed E-state index contributed by atoms with van der Waals surface area (Å²) >= 11 is 6.75. The van der Waals surface area contributed by atoms with Gasteiger partial charge in [-0.1, -0.05) is 23.7 Å². The Morgan fingerprint density at radius 1 is 1.18 bits per heavy atom. The van der Waals surface area contributed by atoms with Crippen LogP contribution in [-0.2, 0) is 14.3 Å². The maximum atomic E-state index is 12.6. The Bertz CT molecular complexity index is 950. The monoisotopic (exact) mass is 493 g/mol. The van der Waals surface area contributed by atoms with E-state index >= 15 is 0 Å². The lowest BCUT2D eigenvalue weighted by atomic mass is 9.96. The SMILES string of the molecule is CC(C)(C)OC(=O)N1CCC(C(=O)NCCN2C(=O)S/C(=C\c3ccc(Cl)cc3)C2=O)CC1. The highest BCUT2D eigenvalue weighted by Crippen LogP contribution is 2.32. The van der Waals surface area contributed by atoms with Crippen molar-refractivity contribution in [3.05, 3.63) is 39.8 Å². The van der Waals surface area contributed by atoms with Crippen molar-refractivity contribution < 1.29 is 23.9 Å². The van der Waals surface area contributed by atoms with Crippen LogP contribution in [0.25, 0.3) is 6.08 Å². The predicted molar refractivity (Wildman–Crippen MR) is 128 cm³/mol. The largest absolute Gasteiger partial charge is 0.444 e. The van der Waals surface area contributed by atoms with E-state index < -0.39 is 5.60 Å². The smallest absolute Gasteiger partial charge is 0.410 e. The molecule has 178 valence electrons. The van der Waals surface area contributed by atoms with Crippen molar-refractivity contribution in [2.24, 2.45) is 5.92 Å². The summed E-state index contributed by atoms with van der Waals surface area (Å²) in [5.74, 6) is -0.731. The van der Waals surface area contributed by atoms with Gasteiger partial charge in [0.1, 0.15) is 5.60 Å². The highest BCUT2D eigenvalue weighted by molar-refractivity contribution is 8.18. The molecule has 2 heterocycles. The highest BCUT2D eigenvalue weighted by atomic mass is 35.5. The number of nitrogens with zero attached hydrogens (tertiary/aromatic N) is 2. The maximum absolute atomic E-state index is 12.6. The Kier molecular flexibility index (Phi) is 8.07. The van der Waals surface area contributed by atoms with Crippen molar-refractivity contribution in [2.75, 3.05) is 26.2 Å². The van der Waals surface area contributed by atoms with Crippen LogP contribution in [-0.4, -0.2) is 64.7 Å². The van der Waals surface area contributed by atoms with Gasteiger partial charge in [0.25, 0.3) is 11.1 Å². The van der Waals surface area contributed by atoms with Gasteiger partial charge in [-0.2, -0.15) is 0 Å². The van der Waals surface area contributed by atoms with Crippen LogP contribution >= 0.6 is 23.4 Å². The number of benzene rings is 1. The molecule has 0 radical (unpaired) electrons. The lowest BCUT2D eigenvalue weighted by Crippen LogP contribution is -2.46. The minimum atomic E-state index is -0.558. The van der Waals surface area contributed by atoms with E-state index in [4.69, 9.17) is 16.3 Å². The Balaban J connectivity index is 1.44.